The van der Waals surface area contributed by atoms with Crippen molar-refractivity contribution in [3.63, 3.8) is 0 Å². The van der Waals surface area contributed by atoms with Gasteiger partial charge in [-0.1, -0.05) is 43.7 Å². The number of rotatable bonds is 7. The molecule has 0 bridgehead atoms. The molecule has 0 saturated carbocycles. The normalized spacial score (nSPS) is 13.1. The number of halogens is 1. The molecule has 1 amide bonds. The van der Waals surface area contributed by atoms with Crippen LogP contribution in [0.15, 0.2) is 58.5 Å². The van der Waals surface area contributed by atoms with Gasteiger partial charge in [0.25, 0.3) is 5.91 Å². The molecule has 0 radical (unpaired) electrons. The summed E-state index contributed by atoms with van der Waals surface area (Å²) in [5, 5.41) is 3.81. The summed E-state index contributed by atoms with van der Waals surface area (Å²) < 4.78 is 40.3. The molecule has 0 aromatic heterocycles. The second-order valence-electron chi connectivity index (χ2n) is 6.44. The predicted octanol–water partition coefficient (Wildman–Crippen LogP) is 2.59. The molecule has 0 saturated heterocycles. The lowest BCUT2D eigenvalue weighted by molar-refractivity contribution is -0.123. The maximum Gasteiger partial charge on any atom is 0.258 e. The summed E-state index contributed by atoms with van der Waals surface area (Å²) in [4.78, 5) is 12.5. The monoisotopic (exact) mass is 391 g/mol. The Bertz CT molecular complexity index is 908. The molecular weight excluding hydrogens is 369 g/mol. The van der Waals surface area contributed by atoms with Crippen molar-refractivity contribution < 1.29 is 17.6 Å². The number of carbonyl (C=O) groups is 1. The van der Waals surface area contributed by atoms with Gasteiger partial charge in [0.15, 0.2) is 0 Å². The highest BCUT2D eigenvalue weighted by atomic mass is 32.2. The minimum atomic E-state index is -3.85. The lowest BCUT2D eigenvalue weighted by Crippen LogP contribution is -2.48. The van der Waals surface area contributed by atoms with E-state index in [0.717, 1.165) is 5.56 Å². The molecule has 0 unspecified atom stereocenters. The fraction of sp³-hybridized carbons (Fsp3) is 0.263. The van der Waals surface area contributed by atoms with Gasteiger partial charge < -0.3 is 0 Å². The Balaban J connectivity index is 2.08. The number of nitrogens with one attached hydrogen (secondary N) is 2. The van der Waals surface area contributed by atoms with E-state index >= 15 is 0 Å². The molecule has 6 nitrogen and oxygen atoms in total. The number of hydrogen-bond acceptors (Lipinski definition) is 4. The van der Waals surface area contributed by atoms with Crippen molar-refractivity contribution >= 4 is 22.1 Å². The van der Waals surface area contributed by atoms with Crippen LogP contribution < -0.4 is 10.1 Å². The Morgan fingerprint density at radius 2 is 1.67 bits per heavy atom. The second kappa shape index (κ2) is 8.88. The van der Waals surface area contributed by atoms with Crippen LogP contribution in [0.5, 0.6) is 0 Å². The zero-order valence-corrected chi connectivity index (χ0v) is 16.1. The van der Waals surface area contributed by atoms with Crippen LogP contribution in [0.3, 0.4) is 0 Å². The van der Waals surface area contributed by atoms with Crippen molar-refractivity contribution in [1.82, 2.24) is 10.1 Å². The van der Waals surface area contributed by atoms with Gasteiger partial charge in [0.1, 0.15) is 11.9 Å². The van der Waals surface area contributed by atoms with Gasteiger partial charge in [-0.25, -0.2) is 18.2 Å². The standard InChI is InChI=1S/C19H22FN3O3S/c1-13(2)18(23-27(25,26)17-10-4-14(3)5-11-17)19(24)22-21-12-15-6-8-16(20)9-7-15/h4-13,18,23H,1-3H3,(H,22,24)/b21-12-/t18-/m0/s1. The van der Waals surface area contributed by atoms with E-state index in [-0.39, 0.29) is 16.6 Å². The highest BCUT2D eigenvalue weighted by Crippen LogP contribution is 2.13. The van der Waals surface area contributed by atoms with Gasteiger partial charge in [-0.05, 0) is 42.7 Å². The molecule has 0 aliphatic carbocycles. The van der Waals surface area contributed by atoms with Gasteiger partial charge in [0.05, 0.1) is 11.1 Å². The molecule has 2 aromatic carbocycles. The third-order valence-corrected chi connectivity index (χ3v) is 5.28. The first-order chi connectivity index (χ1) is 12.7. The average Bonchev–Trinajstić information content (AvgIpc) is 2.61. The van der Waals surface area contributed by atoms with Crippen molar-refractivity contribution in [3.8, 4) is 0 Å². The number of hydrazone groups is 1. The van der Waals surface area contributed by atoms with E-state index in [0.29, 0.717) is 5.56 Å². The third-order valence-electron chi connectivity index (χ3n) is 3.82. The zero-order valence-electron chi connectivity index (χ0n) is 15.3. The smallest absolute Gasteiger partial charge is 0.258 e. The zero-order chi connectivity index (χ0) is 20.0. The van der Waals surface area contributed by atoms with Crippen LogP contribution in [-0.4, -0.2) is 26.6 Å². The van der Waals surface area contributed by atoms with Gasteiger partial charge in [-0.15, -0.1) is 0 Å². The van der Waals surface area contributed by atoms with Crippen LogP contribution in [0.2, 0.25) is 0 Å². The first kappa shape index (κ1) is 20.7. The van der Waals surface area contributed by atoms with Crippen LogP contribution >= 0.6 is 0 Å². The fourth-order valence-electron chi connectivity index (χ4n) is 2.23. The third kappa shape index (κ3) is 5.97. The van der Waals surface area contributed by atoms with Gasteiger partial charge >= 0.3 is 0 Å². The minimum absolute atomic E-state index is 0.0846. The fourth-order valence-corrected chi connectivity index (χ4v) is 3.58. The van der Waals surface area contributed by atoms with E-state index < -0.39 is 22.0 Å². The van der Waals surface area contributed by atoms with Gasteiger partial charge in [-0.2, -0.15) is 9.82 Å². The Labute approximate surface area is 158 Å². The number of hydrogen-bond donors (Lipinski definition) is 2. The first-order valence-corrected chi connectivity index (χ1v) is 9.85. The number of sulfonamides is 1. The summed E-state index contributed by atoms with van der Waals surface area (Å²) in [5.74, 6) is -1.26. The molecule has 2 aromatic rings. The largest absolute Gasteiger partial charge is 0.271 e. The lowest BCUT2D eigenvalue weighted by atomic mass is 10.1. The van der Waals surface area contributed by atoms with Crippen molar-refractivity contribution in [2.45, 2.75) is 31.7 Å². The summed E-state index contributed by atoms with van der Waals surface area (Å²) in [7, 11) is -3.85. The van der Waals surface area contributed by atoms with Crippen LogP contribution in [0.25, 0.3) is 0 Å². The Kier molecular flexibility index (Phi) is 6.81. The quantitative estimate of drug-likeness (QED) is 0.562. The molecule has 1 atom stereocenters. The highest BCUT2D eigenvalue weighted by molar-refractivity contribution is 7.89. The molecule has 0 spiro atoms. The summed E-state index contributed by atoms with van der Waals surface area (Å²) in [6, 6.07) is 10.9. The van der Waals surface area contributed by atoms with E-state index in [9.17, 15) is 17.6 Å². The van der Waals surface area contributed by atoms with Gasteiger partial charge in [0.2, 0.25) is 10.0 Å². The Morgan fingerprint density at radius 3 is 2.22 bits per heavy atom. The van der Waals surface area contributed by atoms with Gasteiger partial charge in [0, 0.05) is 0 Å². The topological polar surface area (TPSA) is 87.6 Å². The SMILES string of the molecule is Cc1ccc(S(=O)(=O)N[C@H](C(=O)N/N=C\c2ccc(F)cc2)C(C)C)cc1. The summed E-state index contributed by atoms with van der Waals surface area (Å²) in [6.07, 6.45) is 1.35. The van der Waals surface area contributed by atoms with Crippen LogP contribution in [0, 0.1) is 18.7 Å². The maximum absolute atomic E-state index is 12.9. The van der Waals surface area contributed by atoms with E-state index in [1.54, 1.807) is 26.0 Å². The molecule has 144 valence electrons. The number of benzene rings is 2. The number of aryl methyl sites for hydroxylation is 1. The second-order valence-corrected chi connectivity index (χ2v) is 8.16. The molecule has 0 heterocycles. The van der Waals surface area contributed by atoms with Crippen molar-refractivity contribution in [2.75, 3.05) is 0 Å². The Hall–Kier alpha value is -2.58. The van der Waals surface area contributed by atoms with Crippen molar-refractivity contribution in [2.24, 2.45) is 11.0 Å². The first-order valence-electron chi connectivity index (χ1n) is 8.36. The molecule has 0 fully saturated rings. The van der Waals surface area contributed by atoms with E-state index in [1.165, 1.54) is 42.6 Å². The Morgan fingerprint density at radius 1 is 1.07 bits per heavy atom. The van der Waals surface area contributed by atoms with Crippen LogP contribution in [-0.2, 0) is 14.8 Å². The molecule has 27 heavy (non-hydrogen) atoms. The molecule has 0 aliphatic rings. The van der Waals surface area contributed by atoms with Gasteiger partial charge in [-0.3, -0.25) is 4.79 Å². The number of nitrogens with zero attached hydrogens (tertiary/aromatic N) is 1. The van der Waals surface area contributed by atoms with Crippen molar-refractivity contribution in [3.05, 3.63) is 65.5 Å². The summed E-state index contributed by atoms with van der Waals surface area (Å²) in [6.45, 7) is 5.31. The van der Waals surface area contributed by atoms with Crippen molar-refractivity contribution in [1.29, 1.82) is 0 Å². The highest BCUT2D eigenvalue weighted by Gasteiger charge is 2.28. The van der Waals surface area contributed by atoms with E-state index in [4.69, 9.17) is 0 Å². The lowest BCUT2D eigenvalue weighted by Gasteiger charge is -2.20. The number of amides is 1. The maximum atomic E-state index is 12.9. The molecule has 0 aliphatic heterocycles. The summed E-state index contributed by atoms with van der Waals surface area (Å²) in [5.41, 5.74) is 3.85. The minimum Gasteiger partial charge on any atom is -0.271 e. The molecular formula is C19H22FN3O3S. The predicted molar refractivity (Wildman–Crippen MR) is 102 cm³/mol. The van der Waals surface area contributed by atoms with E-state index in [1.807, 2.05) is 6.92 Å². The molecule has 8 heteroatoms. The average molecular weight is 391 g/mol. The van der Waals surface area contributed by atoms with Crippen LogP contribution in [0.1, 0.15) is 25.0 Å². The van der Waals surface area contributed by atoms with E-state index in [2.05, 4.69) is 15.2 Å². The summed E-state index contributed by atoms with van der Waals surface area (Å²) >= 11 is 0. The molecule has 2 N–H and O–H groups in total. The van der Waals surface area contributed by atoms with Crippen LogP contribution in [0.4, 0.5) is 4.39 Å². The number of carbonyl (C=O) groups excluding carboxylic acids is 1. The molecule has 2 rings (SSSR count).